The molecule has 3 rings (SSSR count). The van der Waals surface area contributed by atoms with E-state index in [1.807, 2.05) is 31.2 Å². The molecule has 1 aromatic heterocycles. The van der Waals surface area contributed by atoms with Crippen molar-refractivity contribution in [1.82, 2.24) is 4.98 Å². The molecule has 27 heavy (non-hydrogen) atoms. The lowest BCUT2D eigenvalue weighted by molar-refractivity contribution is -0.147. The second-order valence-electron chi connectivity index (χ2n) is 7.42. The van der Waals surface area contributed by atoms with E-state index in [2.05, 4.69) is 24.1 Å². The monoisotopic (exact) mass is 370 g/mol. The molecule has 0 spiro atoms. The van der Waals surface area contributed by atoms with Crippen LogP contribution in [0.15, 0.2) is 30.5 Å². The second kappa shape index (κ2) is 8.70. The molecule has 5 heteroatoms. The van der Waals surface area contributed by atoms with Gasteiger partial charge in [-0.05, 0) is 69.2 Å². The molecule has 0 radical (unpaired) electrons. The Balaban J connectivity index is 1.89. The van der Waals surface area contributed by atoms with Crippen molar-refractivity contribution in [2.24, 2.45) is 5.92 Å². The first-order chi connectivity index (χ1) is 13.1. The van der Waals surface area contributed by atoms with Gasteiger partial charge in [-0.1, -0.05) is 13.8 Å². The lowest BCUT2D eigenvalue weighted by atomic mass is 9.78. The average molecular weight is 370 g/mol. The first-order valence-corrected chi connectivity index (χ1v) is 10.1. The van der Waals surface area contributed by atoms with Crippen molar-refractivity contribution in [2.45, 2.75) is 58.5 Å². The van der Waals surface area contributed by atoms with Crippen LogP contribution in [0.1, 0.15) is 52.9 Å². The van der Waals surface area contributed by atoms with Crippen molar-refractivity contribution in [3.8, 4) is 5.75 Å². The van der Waals surface area contributed by atoms with Gasteiger partial charge in [0.05, 0.1) is 12.3 Å². The van der Waals surface area contributed by atoms with Gasteiger partial charge in [-0.25, -0.2) is 0 Å². The van der Waals surface area contributed by atoms with Crippen molar-refractivity contribution in [2.75, 3.05) is 18.5 Å². The molecular weight excluding hydrogens is 340 g/mol. The molecule has 0 saturated heterocycles. The van der Waals surface area contributed by atoms with Gasteiger partial charge in [0.15, 0.2) is 0 Å². The summed E-state index contributed by atoms with van der Waals surface area (Å²) in [6.45, 7) is 7.44. The largest absolute Gasteiger partial charge is 0.492 e. The van der Waals surface area contributed by atoms with Crippen LogP contribution in [0.2, 0.25) is 0 Å². The number of hydrogen-bond donors (Lipinski definition) is 1. The molecule has 1 fully saturated rings. The number of rotatable bonds is 7. The lowest BCUT2D eigenvalue weighted by Crippen LogP contribution is -2.48. The van der Waals surface area contributed by atoms with Crippen molar-refractivity contribution in [3.05, 3.63) is 30.5 Å². The van der Waals surface area contributed by atoms with Crippen LogP contribution in [-0.2, 0) is 9.53 Å². The number of carbonyl (C=O) groups excluding carboxylic acids is 1. The summed E-state index contributed by atoms with van der Waals surface area (Å²) in [6.07, 6.45) is 6.22. The van der Waals surface area contributed by atoms with Crippen LogP contribution in [0, 0.1) is 5.92 Å². The number of hydrogen-bond acceptors (Lipinski definition) is 4. The molecule has 5 nitrogen and oxygen atoms in total. The number of nitrogens with one attached hydrogen (secondary N) is 1. The number of benzene rings is 1. The number of pyridine rings is 1. The Hall–Kier alpha value is -2.14. The van der Waals surface area contributed by atoms with Gasteiger partial charge in [-0.15, -0.1) is 0 Å². The van der Waals surface area contributed by atoms with Gasteiger partial charge in [0, 0.05) is 18.2 Å². The molecule has 1 aromatic carbocycles. The van der Waals surface area contributed by atoms with Crippen molar-refractivity contribution >= 4 is 22.5 Å². The Morgan fingerprint density at radius 2 is 2.04 bits per heavy atom. The molecule has 0 bridgehead atoms. The maximum atomic E-state index is 13.3. The number of anilines is 1. The maximum Gasteiger partial charge on any atom is 0.256 e. The topological polar surface area (TPSA) is 60.5 Å². The van der Waals surface area contributed by atoms with Gasteiger partial charge in [0.1, 0.15) is 16.9 Å². The molecule has 1 N–H and O–H groups in total. The van der Waals surface area contributed by atoms with Crippen molar-refractivity contribution in [1.29, 1.82) is 0 Å². The molecule has 1 amide bonds. The smallest absolute Gasteiger partial charge is 0.256 e. The first kappa shape index (κ1) is 19.6. The van der Waals surface area contributed by atoms with E-state index in [-0.39, 0.29) is 5.91 Å². The molecule has 146 valence electrons. The summed E-state index contributed by atoms with van der Waals surface area (Å²) in [5.74, 6) is 1.33. The normalized spacial score (nSPS) is 22.6. The highest BCUT2D eigenvalue weighted by molar-refractivity contribution is 6.05. The third-order valence-corrected chi connectivity index (χ3v) is 5.36. The number of fused-ring (bicyclic) bond motifs is 1. The zero-order chi connectivity index (χ0) is 19.3. The molecule has 0 aliphatic heterocycles. The van der Waals surface area contributed by atoms with E-state index in [9.17, 15) is 4.79 Å². The van der Waals surface area contributed by atoms with Gasteiger partial charge in [-0.3, -0.25) is 9.78 Å². The van der Waals surface area contributed by atoms with Gasteiger partial charge < -0.3 is 14.8 Å². The number of ether oxygens (including phenoxy) is 2. The summed E-state index contributed by atoms with van der Waals surface area (Å²) >= 11 is 0. The van der Waals surface area contributed by atoms with Crippen molar-refractivity contribution in [3.63, 3.8) is 0 Å². The Labute approximate surface area is 161 Å². The Morgan fingerprint density at radius 1 is 1.26 bits per heavy atom. The fraction of sp³-hybridized carbons (Fsp3) is 0.545. The van der Waals surface area contributed by atoms with E-state index in [4.69, 9.17) is 9.47 Å². The van der Waals surface area contributed by atoms with Crippen LogP contribution in [0.4, 0.5) is 5.69 Å². The van der Waals surface area contributed by atoms with Gasteiger partial charge in [0.2, 0.25) is 0 Å². The number of carbonyl (C=O) groups is 1. The number of amides is 1. The summed E-state index contributed by atoms with van der Waals surface area (Å²) in [4.78, 5) is 17.7. The Morgan fingerprint density at radius 3 is 2.74 bits per heavy atom. The van der Waals surface area contributed by atoms with E-state index in [1.165, 1.54) is 0 Å². The fourth-order valence-corrected chi connectivity index (χ4v) is 3.73. The van der Waals surface area contributed by atoms with Crippen LogP contribution in [0.5, 0.6) is 5.75 Å². The fourth-order valence-electron chi connectivity index (χ4n) is 3.73. The number of nitrogens with zero attached hydrogens (tertiary/aromatic N) is 1. The predicted octanol–water partition coefficient (Wildman–Crippen LogP) is 4.95. The summed E-state index contributed by atoms with van der Waals surface area (Å²) in [5.41, 5.74) is 0.790. The minimum absolute atomic E-state index is 0.0443. The molecule has 2 aromatic rings. The summed E-state index contributed by atoms with van der Waals surface area (Å²) in [6, 6.07) is 7.60. The van der Waals surface area contributed by atoms with Crippen LogP contribution in [0.3, 0.4) is 0 Å². The van der Waals surface area contributed by atoms with Crippen molar-refractivity contribution < 1.29 is 14.3 Å². The molecule has 0 unspecified atom stereocenters. The first-order valence-electron chi connectivity index (χ1n) is 10.1. The zero-order valence-electron chi connectivity index (χ0n) is 16.6. The third-order valence-electron chi connectivity index (χ3n) is 5.36. The SMILES string of the molecule is CCCOC1(C(=O)Nc2ccc(OCC)c3ncccc23)CCC(C)CC1. The lowest BCUT2D eigenvalue weighted by Gasteiger charge is -2.38. The van der Waals surface area contributed by atoms with Crippen LogP contribution in [-0.4, -0.2) is 29.7 Å². The van der Waals surface area contributed by atoms with E-state index < -0.39 is 5.60 Å². The molecule has 1 heterocycles. The van der Waals surface area contributed by atoms with Crippen LogP contribution >= 0.6 is 0 Å². The molecule has 1 aliphatic rings. The number of aromatic nitrogens is 1. The van der Waals surface area contributed by atoms with E-state index in [1.54, 1.807) is 6.20 Å². The quantitative estimate of drug-likeness (QED) is 0.749. The highest BCUT2D eigenvalue weighted by atomic mass is 16.5. The van der Waals surface area contributed by atoms with Gasteiger partial charge in [0.25, 0.3) is 5.91 Å². The van der Waals surface area contributed by atoms with Crippen LogP contribution in [0.25, 0.3) is 10.9 Å². The van der Waals surface area contributed by atoms with Gasteiger partial charge in [-0.2, -0.15) is 0 Å². The summed E-state index contributed by atoms with van der Waals surface area (Å²) in [5, 5.41) is 4.01. The highest BCUT2D eigenvalue weighted by Crippen LogP contribution is 2.37. The zero-order valence-corrected chi connectivity index (χ0v) is 16.6. The molecular formula is C22H30N2O3. The molecule has 0 atom stereocenters. The standard InChI is InChI=1S/C22H30N2O3/c1-4-15-27-22(12-10-16(3)11-13-22)21(25)24-18-8-9-19(26-5-2)20-17(18)7-6-14-23-20/h6-9,14,16H,4-5,10-13,15H2,1-3H3,(H,24,25). The maximum absolute atomic E-state index is 13.3. The predicted molar refractivity (Wildman–Crippen MR) is 108 cm³/mol. The molecule has 1 saturated carbocycles. The highest BCUT2D eigenvalue weighted by Gasteiger charge is 2.42. The third kappa shape index (κ3) is 4.24. The van der Waals surface area contributed by atoms with Gasteiger partial charge >= 0.3 is 0 Å². The van der Waals surface area contributed by atoms with E-state index >= 15 is 0 Å². The van der Waals surface area contributed by atoms with E-state index in [0.717, 1.165) is 54.4 Å². The van der Waals surface area contributed by atoms with Crippen LogP contribution < -0.4 is 10.1 Å². The Kier molecular flexibility index (Phi) is 6.32. The Bertz CT molecular complexity index is 777. The van der Waals surface area contributed by atoms with E-state index in [0.29, 0.717) is 19.1 Å². The minimum atomic E-state index is -0.727. The second-order valence-corrected chi connectivity index (χ2v) is 7.42. The average Bonchev–Trinajstić information content (AvgIpc) is 2.70. The summed E-state index contributed by atoms with van der Waals surface area (Å²) in [7, 11) is 0. The minimum Gasteiger partial charge on any atom is -0.492 e. The molecule has 1 aliphatic carbocycles. The summed E-state index contributed by atoms with van der Waals surface area (Å²) < 4.78 is 11.8.